The fourth-order valence-corrected chi connectivity index (χ4v) is 3.60. The predicted octanol–water partition coefficient (Wildman–Crippen LogP) is 4.79. The molecular weight excluding hydrogens is 408 g/mol. The van der Waals surface area contributed by atoms with Gasteiger partial charge in [-0.1, -0.05) is 29.4 Å². The fraction of sp³-hybridized carbons (Fsp3) is 0.0952. The smallest absolute Gasteiger partial charge is 0.234 e. The number of aromatic nitrogens is 3. The standard InChI is InChI=1S/C21H17ClN4O2S/c1-28-17-7-5-14(6-8-17)18-12-26-19(24-18)9-10-21(25-26)29-13-20(27)23-16-4-2-3-15(22)11-16/h2-12H,13H2,1H3,(H,23,27). The van der Waals surface area contributed by atoms with Crippen LogP contribution in [0, 0.1) is 0 Å². The van der Waals surface area contributed by atoms with E-state index < -0.39 is 0 Å². The molecule has 0 saturated heterocycles. The van der Waals surface area contributed by atoms with Crippen LogP contribution < -0.4 is 10.1 Å². The van der Waals surface area contributed by atoms with Crippen LogP contribution in [0.3, 0.4) is 0 Å². The highest BCUT2D eigenvalue weighted by molar-refractivity contribution is 7.99. The maximum absolute atomic E-state index is 12.2. The molecule has 1 amide bonds. The number of hydrogen-bond acceptors (Lipinski definition) is 5. The Morgan fingerprint density at radius 2 is 2.00 bits per heavy atom. The number of rotatable bonds is 6. The number of fused-ring (bicyclic) bond motifs is 1. The number of nitrogens with one attached hydrogen (secondary N) is 1. The van der Waals surface area contributed by atoms with Crippen LogP contribution in [0.1, 0.15) is 0 Å². The normalized spacial score (nSPS) is 10.8. The average Bonchev–Trinajstić information content (AvgIpc) is 3.16. The number of hydrogen-bond donors (Lipinski definition) is 1. The molecule has 2 aromatic carbocycles. The summed E-state index contributed by atoms with van der Waals surface area (Å²) in [6.07, 6.45) is 1.87. The molecule has 0 aliphatic carbocycles. The molecule has 0 atom stereocenters. The van der Waals surface area contributed by atoms with Crippen LogP contribution in [0.25, 0.3) is 16.9 Å². The second kappa shape index (κ2) is 8.55. The van der Waals surface area contributed by atoms with E-state index in [1.54, 1.807) is 35.9 Å². The van der Waals surface area contributed by atoms with Crippen molar-refractivity contribution in [1.82, 2.24) is 14.6 Å². The molecule has 0 radical (unpaired) electrons. The van der Waals surface area contributed by atoms with Crippen LogP contribution in [-0.2, 0) is 4.79 Å². The molecule has 6 nitrogen and oxygen atoms in total. The Bertz CT molecular complexity index is 1160. The number of halogens is 1. The molecule has 0 spiro atoms. The molecule has 146 valence electrons. The van der Waals surface area contributed by atoms with E-state index >= 15 is 0 Å². The van der Waals surface area contributed by atoms with Crippen molar-refractivity contribution in [2.24, 2.45) is 0 Å². The lowest BCUT2D eigenvalue weighted by Crippen LogP contribution is -2.14. The number of methoxy groups -OCH3 is 1. The molecule has 4 aromatic rings. The number of benzene rings is 2. The first-order valence-corrected chi connectivity index (χ1v) is 10.2. The molecular formula is C21H17ClN4O2S. The van der Waals surface area contributed by atoms with Gasteiger partial charge in [0, 0.05) is 16.3 Å². The zero-order valence-corrected chi connectivity index (χ0v) is 17.1. The number of thioether (sulfide) groups is 1. The Balaban J connectivity index is 1.43. The molecule has 2 heterocycles. The molecule has 29 heavy (non-hydrogen) atoms. The SMILES string of the molecule is COc1ccc(-c2cn3nc(SCC(=O)Nc4cccc(Cl)c4)ccc3n2)cc1. The van der Waals surface area contributed by atoms with Crippen LogP contribution in [0.2, 0.25) is 5.02 Å². The summed E-state index contributed by atoms with van der Waals surface area (Å²) in [6, 6.07) is 18.5. The minimum atomic E-state index is -0.122. The van der Waals surface area contributed by atoms with Crippen molar-refractivity contribution in [2.45, 2.75) is 5.03 Å². The molecule has 0 aliphatic rings. The van der Waals surface area contributed by atoms with Gasteiger partial charge in [0.15, 0.2) is 5.65 Å². The predicted molar refractivity (Wildman–Crippen MR) is 116 cm³/mol. The van der Waals surface area contributed by atoms with E-state index in [0.29, 0.717) is 10.7 Å². The summed E-state index contributed by atoms with van der Waals surface area (Å²) >= 11 is 7.29. The minimum Gasteiger partial charge on any atom is -0.497 e. The summed E-state index contributed by atoms with van der Waals surface area (Å²) in [7, 11) is 1.64. The number of imidazole rings is 1. The molecule has 0 unspecified atom stereocenters. The Morgan fingerprint density at radius 3 is 2.76 bits per heavy atom. The summed E-state index contributed by atoms with van der Waals surface area (Å²) in [6.45, 7) is 0. The maximum Gasteiger partial charge on any atom is 0.234 e. The fourth-order valence-electron chi connectivity index (χ4n) is 2.75. The highest BCUT2D eigenvalue weighted by atomic mass is 35.5. The van der Waals surface area contributed by atoms with Crippen molar-refractivity contribution < 1.29 is 9.53 Å². The van der Waals surface area contributed by atoms with Gasteiger partial charge in [-0.25, -0.2) is 9.50 Å². The van der Waals surface area contributed by atoms with E-state index in [9.17, 15) is 4.79 Å². The second-order valence-electron chi connectivity index (χ2n) is 6.18. The monoisotopic (exact) mass is 424 g/mol. The average molecular weight is 425 g/mol. The molecule has 0 saturated carbocycles. The quantitative estimate of drug-likeness (QED) is 0.451. The van der Waals surface area contributed by atoms with E-state index in [1.165, 1.54) is 11.8 Å². The number of carbonyl (C=O) groups excluding carboxylic acids is 1. The lowest BCUT2D eigenvalue weighted by atomic mass is 10.2. The van der Waals surface area contributed by atoms with Crippen LogP contribution in [0.15, 0.2) is 71.9 Å². The topological polar surface area (TPSA) is 68.5 Å². The summed E-state index contributed by atoms with van der Waals surface area (Å²) in [5.74, 6) is 0.916. The summed E-state index contributed by atoms with van der Waals surface area (Å²) < 4.78 is 6.91. The van der Waals surface area contributed by atoms with Gasteiger partial charge in [-0.2, -0.15) is 5.10 Å². The van der Waals surface area contributed by atoms with Crippen LogP contribution >= 0.6 is 23.4 Å². The second-order valence-corrected chi connectivity index (χ2v) is 7.61. The molecule has 8 heteroatoms. The van der Waals surface area contributed by atoms with Gasteiger partial charge in [0.05, 0.1) is 24.8 Å². The van der Waals surface area contributed by atoms with Gasteiger partial charge in [0.2, 0.25) is 5.91 Å². The molecule has 0 bridgehead atoms. The van der Waals surface area contributed by atoms with Crippen LogP contribution in [-0.4, -0.2) is 33.4 Å². The first-order valence-electron chi connectivity index (χ1n) is 8.80. The lowest BCUT2D eigenvalue weighted by Gasteiger charge is -2.05. The van der Waals surface area contributed by atoms with Gasteiger partial charge < -0.3 is 10.1 Å². The summed E-state index contributed by atoms with van der Waals surface area (Å²) in [4.78, 5) is 16.8. The molecule has 0 aliphatic heterocycles. The Labute approximate surface area is 176 Å². The van der Waals surface area contributed by atoms with Crippen LogP contribution in [0.4, 0.5) is 5.69 Å². The van der Waals surface area contributed by atoms with Crippen molar-refractivity contribution in [3.8, 4) is 17.0 Å². The number of anilines is 1. The third-order valence-corrected chi connectivity index (χ3v) is 5.30. The summed E-state index contributed by atoms with van der Waals surface area (Å²) in [5.41, 5.74) is 3.21. The third-order valence-electron chi connectivity index (χ3n) is 4.14. The zero-order valence-electron chi connectivity index (χ0n) is 15.5. The Kier molecular flexibility index (Phi) is 5.69. The summed E-state index contributed by atoms with van der Waals surface area (Å²) in [5, 5.41) is 8.68. The molecule has 2 aromatic heterocycles. The van der Waals surface area contributed by atoms with Gasteiger partial charge in [0.1, 0.15) is 10.8 Å². The van der Waals surface area contributed by atoms with Crippen LogP contribution in [0.5, 0.6) is 5.75 Å². The maximum atomic E-state index is 12.2. The number of amides is 1. The van der Waals surface area contributed by atoms with Gasteiger partial charge in [-0.05, 0) is 54.6 Å². The third kappa shape index (κ3) is 4.70. The van der Waals surface area contributed by atoms with Gasteiger partial charge >= 0.3 is 0 Å². The highest BCUT2D eigenvalue weighted by Gasteiger charge is 2.09. The van der Waals surface area contributed by atoms with E-state index in [4.69, 9.17) is 16.3 Å². The van der Waals surface area contributed by atoms with Crippen molar-refractivity contribution in [2.75, 3.05) is 18.2 Å². The lowest BCUT2D eigenvalue weighted by molar-refractivity contribution is -0.113. The molecule has 1 N–H and O–H groups in total. The molecule has 0 fully saturated rings. The van der Waals surface area contributed by atoms with Crippen molar-refractivity contribution >= 4 is 40.6 Å². The largest absolute Gasteiger partial charge is 0.497 e. The number of ether oxygens (including phenoxy) is 1. The number of nitrogens with zero attached hydrogens (tertiary/aromatic N) is 3. The molecule has 4 rings (SSSR count). The Morgan fingerprint density at radius 1 is 1.17 bits per heavy atom. The van der Waals surface area contributed by atoms with Gasteiger partial charge in [0.25, 0.3) is 0 Å². The van der Waals surface area contributed by atoms with Crippen molar-refractivity contribution in [1.29, 1.82) is 0 Å². The Hall–Kier alpha value is -3.03. The van der Waals surface area contributed by atoms with Crippen molar-refractivity contribution in [3.05, 3.63) is 71.9 Å². The van der Waals surface area contributed by atoms with E-state index in [1.807, 2.05) is 42.6 Å². The first kappa shape index (κ1) is 19.3. The number of carbonyl (C=O) groups is 1. The van der Waals surface area contributed by atoms with E-state index in [0.717, 1.165) is 27.7 Å². The highest BCUT2D eigenvalue weighted by Crippen LogP contribution is 2.23. The zero-order chi connectivity index (χ0) is 20.2. The van der Waals surface area contributed by atoms with Gasteiger partial charge in [-0.3, -0.25) is 4.79 Å². The van der Waals surface area contributed by atoms with Crippen molar-refractivity contribution in [3.63, 3.8) is 0 Å². The first-order chi connectivity index (χ1) is 14.1. The van der Waals surface area contributed by atoms with E-state index in [2.05, 4.69) is 15.4 Å². The minimum absolute atomic E-state index is 0.122. The van der Waals surface area contributed by atoms with E-state index in [-0.39, 0.29) is 11.7 Å². The van der Waals surface area contributed by atoms with Gasteiger partial charge in [-0.15, -0.1) is 0 Å².